The number of aromatic nitrogens is 1. The molecule has 21 heavy (non-hydrogen) atoms. The molecule has 0 aliphatic rings. The Morgan fingerprint density at radius 3 is 2.52 bits per heavy atom. The topological polar surface area (TPSA) is 55.4 Å². The van der Waals surface area contributed by atoms with Crippen molar-refractivity contribution in [2.75, 3.05) is 32.7 Å². The summed E-state index contributed by atoms with van der Waals surface area (Å²) in [6.45, 7) is 10.6. The van der Waals surface area contributed by atoms with Gasteiger partial charge in [-0.15, -0.1) is 0 Å². The molecule has 0 fully saturated rings. The lowest BCUT2D eigenvalue weighted by atomic mass is 10.1. The summed E-state index contributed by atoms with van der Waals surface area (Å²) in [5.74, 6) is 0.874. The second-order valence-corrected chi connectivity index (χ2v) is 6.30. The first-order valence-corrected chi connectivity index (χ1v) is 7.32. The highest BCUT2D eigenvalue weighted by Gasteiger charge is 2.10. The van der Waals surface area contributed by atoms with E-state index < -0.39 is 0 Å². The molecule has 1 heterocycles. The van der Waals surface area contributed by atoms with Gasteiger partial charge in [0.1, 0.15) is 5.82 Å². The molecule has 0 saturated heterocycles. The van der Waals surface area contributed by atoms with Crippen LogP contribution >= 0.6 is 0 Å². The number of pyridine rings is 1. The third-order valence-electron chi connectivity index (χ3n) is 3.03. The third kappa shape index (κ3) is 7.41. The summed E-state index contributed by atoms with van der Waals surface area (Å²) < 4.78 is 10.4. The van der Waals surface area contributed by atoms with Crippen LogP contribution in [0.25, 0.3) is 0 Å². The molecule has 0 amide bonds. The van der Waals surface area contributed by atoms with E-state index in [0.717, 1.165) is 18.1 Å². The molecule has 0 bridgehead atoms. The van der Waals surface area contributed by atoms with Crippen LogP contribution < -0.4 is 10.6 Å². The van der Waals surface area contributed by atoms with Crippen LogP contribution in [0.3, 0.4) is 0 Å². The Morgan fingerprint density at radius 2 is 1.95 bits per heavy atom. The van der Waals surface area contributed by atoms with E-state index in [-0.39, 0.29) is 11.6 Å². The molecule has 0 aromatic carbocycles. The fourth-order valence-corrected chi connectivity index (χ4v) is 1.91. The van der Waals surface area contributed by atoms with Gasteiger partial charge in [0, 0.05) is 38.5 Å². The van der Waals surface area contributed by atoms with Crippen molar-refractivity contribution in [2.24, 2.45) is 0 Å². The molecule has 1 atom stereocenters. The monoisotopic (exact) mass is 295 g/mol. The average molecular weight is 295 g/mol. The lowest BCUT2D eigenvalue weighted by Crippen LogP contribution is -2.35. The zero-order chi connectivity index (χ0) is 15.9. The van der Waals surface area contributed by atoms with Crippen LogP contribution in [-0.4, -0.2) is 44.0 Å². The van der Waals surface area contributed by atoms with Crippen LogP contribution in [0.1, 0.15) is 32.0 Å². The molecule has 5 nitrogen and oxygen atoms in total. The first-order chi connectivity index (χ1) is 9.84. The van der Waals surface area contributed by atoms with E-state index >= 15 is 0 Å². The largest absolute Gasteiger partial charge is 0.382 e. The first-order valence-electron chi connectivity index (χ1n) is 7.32. The predicted octanol–water partition coefficient (Wildman–Crippen LogP) is 2.35. The molecular formula is C16H29N3O2. The van der Waals surface area contributed by atoms with E-state index in [1.54, 1.807) is 14.2 Å². The smallest absolute Gasteiger partial charge is 0.126 e. The molecule has 0 spiro atoms. The minimum Gasteiger partial charge on any atom is -0.382 e. The highest BCUT2D eigenvalue weighted by Crippen LogP contribution is 2.12. The number of ether oxygens (including phenoxy) is 2. The van der Waals surface area contributed by atoms with Crippen LogP contribution in [0.4, 0.5) is 5.82 Å². The van der Waals surface area contributed by atoms with E-state index in [2.05, 4.69) is 48.5 Å². The fourth-order valence-electron chi connectivity index (χ4n) is 1.91. The number of nitrogens with zero attached hydrogens (tertiary/aromatic N) is 1. The third-order valence-corrected chi connectivity index (χ3v) is 3.03. The van der Waals surface area contributed by atoms with Crippen LogP contribution in [0.2, 0.25) is 0 Å². The van der Waals surface area contributed by atoms with Gasteiger partial charge in [-0.25, -0.2) is 4.98 Å². The van der Waals surface area contributed by atoms with Crippen molar-refractivity contribution in [3.8, 4) is 0 Å². The molecule has 0 radical (unpaired) electrons. The van der Waals surface area contributed by atoms with Gasteiger partial charge in [-0.2, -0.15) is 0 Å². The molecular weight excluding hydrogens is 266 g/mol. The van der Waals surface area contributed by atoms with Crippen molar-refractivity contribution < 1.29 is 9.47 Å². The molecule has 1 unspecified atom stereocenters. The van der Waals surface area contributed by atoms with E-state index in [0.29, 0.717) is 13.2 Å². The Bertz CT molecular complexity index is 430. The molecule has 0 saturated carbocycles. The minimum atomic E-state index is 0.0217. The predicted molar refractivity (Wildman–Crippen MR) is 86.7 cm³/mol. The van der Waals surface area contributed by atoms with Crippen LogP contribution in [-0.2, 0) is 16.0 Å². The lowest BCUT2D eigenvalue weighted by molar-refractivity contribution is 0.0365. The number of methoxy groups -OCH3 is 2. The van der Waals surface area contributed by atoms with Gasteiger partial charge in [0.2, 0.25) is 0 Å². The zero-order valence-electron chi connectivity index (χ0n) is 14.1. The van der Waals surface area contributed by atoms with Crippen molar-refractivity contribution in [1.29, 1.82) is 0 Å². The fraction of sp³-hybridized carbons (Fsp3) is 0.688. The first kappa shape index (κ1) is 17.9. The number of nitrogens with one attached hydrogen (secondary N) is 2. The Morgan fingerprint density at radius 1 is 1.24 bits per heavy atom. The Hall–Kier alpha value is -1.17. The maximum Gasteiger partial charge on any atom is 0.126 e. The van der Waals surface area contributed by atoms with Crippen LogP contribution in [0.5, 0.6) is 0 Å². The summed E-state index contributed by atoms with van der Waals surface area (Å²) in [4.78, 5) is 4.51. The quantitative estimate of drug-likeness (QED) is 0.771. The summed E-state index contributed by atoms with van der Waals surface area (Å²) in [6.07, 6.45) is 0.0217. The van der Waals surface area contributed by atoms with E-state index in [1.807, 2.05) is 6.92 Å². The number of hydrogen-bond acceptors (Lipinski definition) is 5. The van der Waals surface area contributed by atoms with Gasteiger partial charge >= 0.3 is 0 Å². The maximum atomic E-state index is 5.34. The summed E-state index contributed by atoms with van der Waals surface area (Å²) in [5.41, 5.74) is 2.33. The van der Waals surface area contributed by atoms with E-state index in [9.17, 15) is 0 Å². The zero-order valence-corrected chi connectivity index (χ0v) is 14.1. The van der Waals surface area contributed by atoms with Gasteiger partial charge in [-0.1, -0.05) is 0 Å². The number of anilines is 1. The summed E-state index contributed by atoms with van der Waals surface area (Å²) in [6, 6.07) is 4.18. The lowest BCUT2D eigenvalue weighted by Gasteiger charge is -2.21. The van der Waals surface area contributed by atoms with Crippen molar-refractivity contribution >= 4 is 5.82 Å². The minimum absolute atomic E-state index is 0.0217. The van der Waals surface area contributed by atoms with Crippen molar-refractivity contribution in [2.45, 2.75) is 45.9 Å². The number of rotatable bonds is 8. The van der Waals surface area contributed by atoms with Crippen LogP contribution in [0, 0.1) is 6.92 Å². The average Bonchev–Trinajstić information content (AvgIpc) is 2.40. The Kier molecular flexibility index (Phi) is 7.08. The highest BCUT2D eigenvalue weighted by molar-refractivity contribution is 5.39. The van der Waals surface area contributed by atoms with Gasteiger partial charge in [-0.3, -0.25) is 0 Å². The maximum absolute atomic E-state index is 5.34. The number of aryl methyl sites for hydroxylation is 1. The van der Waals surface area contributed by atoms with Crippen molar-refractivity contribution in [3.63, 3.8) is 0 Å². The Balaban J connectivity index is 2.64. The number of hydrogen-bond donors (Lipinski definition) is 2. The normalized spacial score (nSPS) is 13.2. The van der Waals surface area contributed by atoms with Gasteiger partial charge in [-0.05, 0) is 45.4 Å². The summed E-state index contributed by atoms with van der Waals surface area (Å²) in [5, 5.41) is 6.80. The van der Waals surface area contributed by atoms with Gasteiger partial charge in [0.05, 0.1) is 12.7 Å². The van der Waals surface area contributed by atoms with Crippen molar-refractivity contribution in [3.05, 3.63) is 23.4 Å². The molecule has 1 aromatic rings. The van der Waals surface area contributed by atoms with Crippen LogP contribution in [0.15, 0.2) is 12.1 Å². The van der Waals surface area contributed by atoms with Crippen molar-refractivity contribution in [1.82, 2.24) is 10.3 Å². The Labute approximate surface area is 128 Å². The second-order valence-electron chi connectivity index (χ2n) is 6.30. The van der Waals surface area contributed by atoms with Gasteiger partial charge < -0.3 is 20.1 Å². The van der Waals surface area contributed by atoms with Gasteiger partial charge in [0.15, 0.2) is 0 Å². The molecule has 2 N–H and O–H groups in total. The summed E-state index contributed by atoms with van der Waals surface area (Å²) >= 11 is 0. The molecule has 1 aromatic heterocycles. The highest BCUT2D eigenvalue weighted by atomic mass is 16.5. The molecule has 1 rings (SSSR count). The molecule has 120 valence electrons. The molecule has 0 aliphatic carbocycles. The second kappa shape index (κ2) is 8.32. The SMILES string of the molecule is COCC(CNc1cc(CNC(C)(C)C)cc(C)n1)OC. The van der Waals surface area contributed by atoms with Gasteiger partial charge in [0.25, 0.3) is 0 Å². The van der Waals surface area contributed by atoms with E-state index in [4.69, 9.17) is 9.47 Å². The standard InChI is InChI=1S/C16H29N3O2/c1-12-7-13(9-18-16(2,3)4)8-15(19-12)17-10-14(21-6)11-20-5/h7-8,14,18H,9-11H2,1-6H3,(H,17,19). The molecule has 0 aliphatic heterocycles. The van der Waals surface area contributed by atoms with E-state index in [1.165, 1.54) is 5.56 Å². The summed E-state index contributed by atoms with van der Waals surface area (Å²) in [7, 11) is 3.36. The molecule has 5 heteroatoms.